The van der Waals surface area contributed by atoms with Crippen molar-refractivity contribution in [1.82, 2.24) is 4.90 Å². The van der Waals surface area contributed by atoms with Gasteiger partial charge in [-0.15, -0.1) is 0 Å². The number of carbonyl (C=O) groups excluding carboxylic acids is 1. The average molecular weight is 363 g/mol. The second-order valence-corrected chi connectivity index (χ2v) is 6.67. The van der Waals surface area contributed by atoms with E-state index in [4.69, 9.17) is 0 Å². The van der Waals surface area contributed by atoms with Crippen molar-refractivity contribution >= 4 is 6.41 Å². The fourth-order valence-electron chi connectivity index (χ4n) is 2.50. The summed E-state index contributed by atoms with van der Waals surface area (Å²) in [5.41, 5.74) is 2.50. The van der Waals surface area contributed by atoms with E-state index in [1.54, 1.807) is 12.1 Å². The van der Waals surface area contributed by atoms with Crippen molar-refractivity contribution in [3.63, 3.8) is 0 Å². The summed E-state index contributed by atoms with van der Waals surface area (Å²) in [5, 5.41) is 0. The maximum Gasteiger partial charge on any atom is 0.395 e. The predicted octanol–water partition coefficient (Wildman–Crippen LogP) is 5.47. The van der Waals surface area contributed by atoms with Gasteiger partial charge in [0, 0.05) is 12.6 Å². The molecule has 1 amide bonds. The van der Waals surface area contributed by atoms with Gasteiger partial charge < -0.3 is 4.90 Å². The summed E-state index contributed by atoms with van der Waals surface area (Å²) in [4.78, 5) is 12.6. The minimum absolute atomic E-state index is 0.318. The first-order valence-corrected chi connectivity index (χ1v) is 8.69. The van der Waals surface area contributed by atoms with Crippen molar-refractivity contribution < 1.29 is 18.0 Å². The van der Waals surface area contributed by atoms with Crippen molar-refractivity contribution in [1.29, 1.82) is 0 Å². The smallest absolute Gasteiger partial charge is 0.338 e. The average Bonchev–Trinajstić information content (AvgIpc) is 3.45. The first-order chi connectivity index (χ1) is 12.3. The van der Waals surface area contributed by atoms with Crippen molar-refractivity contribution in [2.75, 3.05) is 0 Å². The zero-order valence-corrected chi connectivity index (χ0v) is 15.0. The third-order valence-corrected chi connectivity index (χ3v) is 4.43. The molecule has 0 N–H and O–H groups in total. The SMILES string of the molecule is Cc1ccc(C(C)C(F)(F)F)cc1.O=CN(Cc1ccccc1)C1CC1. The van der Waals surface area contributed by atoms with Crippen LogP contribution in [0.15, 0.2) is 54.6 Å². The molecule has 0 radical (unpaired) electrons. The van der Waals surface area contributed by atoms with Gasteiger partial charge in [0.1, 0.15) is 0 Å². The van der Waals surface area contributed by atoms with E-state index in [1.807, 2.05) is 30.0 Å². The van der Waals surface area contributed by atoms with E-state index >= 15 is 0 Å². The van der Waals surface area contributed by atoms with Gasteiger partial charge in [-0.05, 0) is 37.8 Å². The molecule has 0 aliphatic heterocycles. The van der Waals surface area contributed by atoms with Crippen LogP contribution in [0.4, 0.5) is 13.2 Å². The van der Waals surface area contributed by atoms with Crippen LogP contribution in [-0.2, 0) is 11.3 Å². The topological polar surface area (TPSA) is 20.3 Å². The fourth-order valence-corrected chi connectivity index (χ4v) is 2.50. The van der Waals surface area contributed by atoms with Crippen LogP contribution in [0.5, 0.6) is 0 Å². The summed E-state index contributed by atoms with van der Waals surface area (Å²) in [6, 6.07) is 17.0. The van der Waals surface area contributed by atoms with Crippen molar-refractivity contribution in [3.05, 3.63) is 71.3 Å². The van der Waals surface area contributed by atoms with Crippen LogP contribution in [0.25, 0.3) is 0 Å². The Morgan fingerprint density at radius 2 is 1.65 bits per heavy atom. The Balaban J connectivity index is 0.000000187. The second kappa shape index (κ2) is 8.88. The molecule has 2 nitrogen and oxygen atoms in total. The third-order valence-electron chi connectivity index (χ3n) is 4.43. The van der Waals surface area contributed by atoms with Gasteiger partial charge in [0.25, 0.3) is 0 Å². The molecule has 0 heterocycles. The number of aryl methyl sites for hydroxylation is 1. The predicted molar refractivity (Wildman–Crippen MR) is 96.7 cm³/mol. The molecule has 26 heavy (non-hydrogen) atoms. The van der Waals surface area contributed by atoms with Crippen molar-refractivity contribution in [3.8, 4) is 0 Å². The Labute approximate surface area is 152 Å². The van der Waals surface area contributed by atoms with E-state index in [1.165, 1.54) is 37.5 Å². The third kappa shape index (κ3) is 6.21. The largest absolute Gasteiger partial charge is 0.395 e. The number of hydrogen-bond acceptors (Lipinski definition) is 1. The van der Waals surface area contributed by atoms with Gasteiger partial charge in [0.2, 0.25) is 6.41 Å². The molecule has 1 aliphatic rings. The minimum atomic E-state index is -4.14. The van der Waals surface area contributed by atoms with Crippen LogP contribution < -0.4 is 0 Å². The van der Waals surface area contributed by atoms with E-state index < -0.39 is 12.1 Å². The lowest BCUT2D eigenvalue weighted by Gasteiger charge is -2.15. The lowest BCUT2D eigenvalue weighted by molar-refractivity contribution is -0.146. The van der Waals surface area contributed by atoms with Crippen LogP contribution >= 0.6 is 0 Å². The Morgan fingerprint density at radius 1 is 1.08 bits per heavy atom. The maximum atomic E-state index is 12.2. The number of hydrogen-bond donors (Lipinski definition) is 0. The van der Waals surface area contributed by atoms with Gasteiger partial charge in [-0.3, -0.25) is 4.79 Å². The molecule has 2 aromatic carbocycles. The highest BCUT2D eigenvalue weighted by atomic mass is 19.4. The molecule has 3 rings (SSSR count). The monoisotopic (exact) mass is 363 g/mol. The number of rotatable bonds is 5. The van der Waals surface area contributed by atoms with Crippen LogP contribution in [-0.4, -0.2) is 23.5 Å². The van der Waals surface area contributed by atoms with Crippen LogP contribution in [0.3, 0.4) is 0 Å². The summed E-state index contributed by atoms with van der Waals surface area (Å²) in [6.45, 7) is 3.78. The summed E-state index contributed by atoms with van der Waals surface area (Å²) >= 11 is 0. The Kier molecular flexibility index (Phi) is 6.83. The number of carbonyl (C=O) groups is 1. The lowest BCUT2D eigenvalue weighted by Crippen LogP contribution is -2.23. The first-order valence-electron chi connectivity index (χ1n) is 8.69. The summed E-state index contributed by atoms with van der Waals surface area (Å²) in [7, 11) is 0. The minimum Gasteiger partial charge on any atom is -0.338 e. The summed E-state index contributed by atoms with van der Waals surface area (Å²) in [5.74, 6) is -1.38. The quantitative estimate of drug-likeness (QED) is 0.645. The van der Waals surface area contributed by atoms with E-state index in [-0.39, 0.29) is 0 Å². The molecular formula is C21H24F3NO. The van der Waals surface area contributed by atoms with Gasteiger partial charge >= 0.3 is 6.18 Å². The van der Waals surface area contributed by atoms with Crippen LogP contribution in [0.1, 0.15) is 42.4 Å². The Bertz CT molecular complexity index is 679. The molecule has 1 aliphatic carbocycles. The van der Waals surface area contributed by atoms with Gasteiger partial charge in [-0.1, -0.05) is 60.2 Å². The van der Waals surface area contributed by atoms with Gasteiger partial charge in [-0.2, -0.15) is 13.2 Å². The molecular weight excluding hydrogens is 339 g/mol. The van der Waals surface area contributed by atoms with E-state index in [0.29, 0.717) is 11.6 Å². The normalized spacial score (nSPS) is 14.8. The molecule has 140 valence electrons. The van der Waals surface area contributed by atoms with Crippen molar-refractivity contribution in [2.45, 2.75) is 51.4 Å². The molecule has 1 unspecified atom stereocenters. The molecule has 2 aromatic rings. The zero-order valence-electron chi connectivity index (χ0n) is 15.0. The molecule has 0 aromatic heterocycles. The standard InChI is InChI=1S/C11H13NO.C10H11F3/c13-9-12(11-6-7-11)8-10-4-2-1-3-5-10;1-7-3-5-9(6-4-7)8(2)10(11,12)13/h1-5,9,11H,6-8H2;3-6,8H,1-2H3. The zero-order chi connectivity index (χ0) is 19.2. The summed E-state index contributed by atoms with van der Waals surface area (Å²) in [6.07, 6.45) is -0.836. The number of alkyl halides is 3. The molecule has 0 bridgehead atoms. The van der Waals surface area contributed by atoms with Gasteiger partial charge in [-0.25, -0.2) is 0 Å². The maximum absolute atomic E-state index is 12.2. The fraction of sp³-hybridized carbons (Fsp3) is 0.381. The van der Waals surface area contributed by atoms with Gasteiger partial charge in [0.05, 0.1) is 5.92 Å². The van der Waals surface area contributed by atoms with E-state index in [0.717, 1.165) is 18.5 Å². The lowest BCUT2D eigenvalue weighted by atomic mass is 10.00. The van der Waals surface area contributed by atoms with E-state index in [9.17, 15) is 18.0 Å². The van der Waals surface area contributed by atoms with E-state index in [2.05, 4.69) is 12.1 Å². The number of amides is 1. The Morgan fingerprint density at radius 3 is 2.12 bits per heavy atom. The van der Waals surface area contributed by atoms with Gasteiger partial charge in [0.15, 0.2) is 0 Å². The second-order valence-electron chi connectivity index (χ2n) is 6.67. The number of nitrogens with zero attached hydrogens (tertiary/aromatic N) is 1. The number of halogens is 3. The van der Waals surface area contributed by atoms with Crippen LogP contribution in [0.2, 0.25) is 0 Å². The highest BCUT2D eigenvalue weighted by Crippen LogP contribution is 2.34. The van der Waals surface area contributed by atoms with Crippen molar-refractivity contribution in [2.24, 2.45) is 0 Å². The molecule has 5 heteroatoms. The highest BCUT2D eigenvalue weighted by Gasteiger charge is 2.36. The van der Waals surface area contributed by atoms with Crippen LogP contribution in [0, 0.1) is 6.92 Å². The highest BCUT2D eigenvalue weighted by molar-refractivity contribution is 5.49. The number of benzene rings is 2. The molecule has 0 saturated heterocycles. The molecule has 1 fully saturated rings. The molecule has 1 atom stereocenters. The molecule has 1 saturated carbocycles. The first kappa shape index (κ1) is 20.0. The Hall–Kier alpha value is -2.30. The molecule has 0 spiro atoms. The summed E-state index contributed by atoms with van der Waals surface area (Å²) < 4.78 is 36.7.